The highest BCUT2D eigenvalue weighted by molar-refractivity contribution is 6.30. The number of aryl methyl sites for hydroxylation is 3. The van der Waals surface area contributed by atoms with Crippen LogP contribution in [-0.2, 0) is 4.79 Å². The highest BCUT2D eigenvalue weighted by Gasteiger charge is 2.22. The molecule has 0 unspecified atom stereocenters. The summed E-state index contributed by atoms with van der Waals surface area (Å²) in [5, 5.41) is 1.79. The van der Waals surface area contributed by atoms with Crippen molar-refractivity contribution >= 4 is 39.7 Å². The van der Waals surface area contributed by atoms with E-state index < -0.39 is 0 Å². The monoisotopic (exact) mass is 466 g/mol. The Morgan fingerprint density at radius 1 is 1.12 bits per heavy atom. The molecule has 0 radical (unpaired) electrons. The number of fused-ring (bicyclic) bond motifs is 1. The molecule has 0 atom stereocenters. The number of furan rings is 1. The third kappa shape index (κ3) is 4.74. The second kappa shape index (κ2) is 9.52. The zero-order valence-electron chi connectivity index (χ0n) is 20.0. The van der Waals surface area contributed by atoms with Gasteiger partial charge in [-0.3, -0.25) is 4.79 Å². The van der Waals surface area contributed by atoms with Crippen LogP contribution in [0.2, 0.25) is 5.02 Å². The van der Waals surface area contributed by atoms with E-state index in [4.69, 9.17) is 20.8 Å². The summed E-state index contributed by atoms with van der Waals surface area (Å²) in [4.78, 5) is 17.3. The number of hydrogen-bond donors (Lipinski definition) is 0. The summed E-state index contributed by atoms with van der Waals surface area (Å²) in [5.74, 6) is 1.66. The van der Waals surface area contributed by atoms with Crippen LogP contribution >= 0.6 is 11.6 Å². The summed E-state index contributed by atoms with van der Waals surface area (Å²) in [5.41, 5.74) is 6.07. The SMILES string of the molecule is CCOc1cc2oc(C)c(C)c2cc1/C(C)=C/C(=O)N1CCN(c2cc(Cl)ccc2C)CC1. The van der Waals surface area contributed by atoms with Crippen LogP contribution < -0.4 is 9.64 Å². The Morgan fingerprint density at radius 2 is 1.85 bits per heavy atom. The summed E-state index contributed by atoms with van der Waals surface area (Å²) in [6.45, 7) is 13.5. The Labute approximate surface area is 200 Å². The van der Waals surface area contributed by atoms with E-state index in [9.17, 15) is 4.79 Å². The molecule has 1 amide bonds. The number of halogens is 1. The second-order valence-corrected chi connectivity index (χ2v) is 9.07. The van der Waals surface area contributed by atoms with Gasteiger partial charge in [0.05, 0.1) is 6.61 Å². The lowest BCUT2D eigenvalue weighted by atomic mass is 10.0. The van der Waals surface area contributed by atoms with E-state index in [-0.39, 0.29) is 5.91 Å². The molecule has 1 saturated heterocycles. The number of nitrogens with zero attached hydrogens (tertiary/aromatic N) is 2. The molecule has 2 heterocycles. The number of rotatable bonds is 5. The van der Waals surface area contributed by atoms with Gasteiger partial charge in [0.1, 0.15) is 17.1 Å². The minimum absolute atomic E-state index is 0.0256. The van der Waals surface area contributed by atoms with Crippen molar-refractivity contribution in [2.75, 3.05) is 37.7 Å². The average molecular weight is 467 g/mol. The van der Waals surface area contributed by atoms with Crippen LogP contribution in [0.25, 0.3) is 16.5 Å². The molecule has 4 rings (SSSR count). The van der Waals surface area contributed by atoms with E-state index in [0.29, 0.717) is 19.7 Å². The van der Waals surface area contributed by atoms with Crippen LogP contribution in [0.4, 0.5) is 5.69 Å². The molecule has 0 aliphatic carbocycles. The molecule has 2 aromatic carbocycles. The molecule has 0 spiro atoms. The van der Waals surface area contributed by atoms with Crippen molar-refractivity contribution in [2.45, 2.75) is 34.6 Å². The number of allylic oxidation sites excluding steroid dienone is 1. The Bertz CT molecular complexity index is 1220. The molecule has 0 bridgehead atoms. The number of ether oxygens (including phenoxy) is 1. The largest absolute Gasteiger partial charge is 0.493 e. The van der Waals surface area contributed by atoms with Gasteiger partial charge >= 0.3 is 0 Å². The Kier molecular flexibility index (Phi) is 6.71. The molecular formula is C27H31ClN2O3. The van der Waals surface area contributed by atoms with Crippen molar-refractivity contribution in [3.63, 3.8) is 0 Å². The number of anilines is 1. The van der Waals surface area contributed by atoms with Crippen LogP contribution in [0.3, 0.4) is 0 Å². The van der Waals surface area contributed by atoms with Crippen LogP contribution in [-0.4, -0.2) is 43.6 Å². The number of benzene rings is 2. The minimum Gasteiger partial charge on any atom is -0.493 e. The fraction of sp³-hybridized carbons (Fsp3) is 0.370. The second-order valence-electron chi connectivity index (χ2n) is 8.63. The molecule has 1 aliphatic heterocycles. The van der Waals surface area contributed by atoms with E-state index in [2.05, 4.69) is 24.8 Å². The maximum Gasteiger partial charge on any atom is 0.246 e. The lowest BCUT2D eigenvalue weighted by molar-refractivity contribution is -0.126. The predicted molar refractivity (Wildman–Crippen MR) is 135 cm³/mol. The van der Waals surface area contributed by atoms with Crippen molar-refractivity contribution in [1.82, 2.24) is 4.90 Å². The number of carbonyl (C=O) groups is 1. The van der Waals surface area contributed by atoms with E-state index in [0.717, 1.165) is 63.0 Å². The van der Waals surface area contributed by atoms with Gasteiger partial charge in [-0.15, -0.1) is 0 Å². The van der Waals surface area contributed by atoms with Crippen molar-refractivity contribution in [1.29, 1.82) is 0 Å². The van der Waals surface area contributed by atoms with Gasteiger partial charge in [-0.2, -0.15) is 0 Å². The molecule has 3 aromatic rings. The Hall–Kier alpha value is -2.92. The highest BCUT2D eigenvalue weighted by Crippen LogP contribution is 2.35. The summed E-state index contributed by atoms with van der Waals surface area (Å²) in [7, 11) is 0. The maximum absolute atomic E-state index is 13.1. The van der Waals surface area contributed by atoms with Gasteiger partial charge in [0.15, 0.2) is 0 Å². The van der Waals surface area contributed by atoms with Gasteiger partial charge in [-0.05, 0) is 69.5 Å². The van der Waals surface area contributed by atoms with Gasteiger partial charge in [-0.25, -0.2) is 0 Å². The molecule has 33 heavy (non-hydrogen) atoms. The Balaban J connectivity index is 1.53. The van der Waals surface area contributed by atoms with E-state index >= 15 is 0 Å². The van der Waals surface area contributed by atoms with Gasteiger partial charge in [0.25, 0.3) is 0 Å². The van der Waals surface area contributed by atoms with Crippen molar-refractivity contribution in [3.8, 4) is 5.75 Å². The molecular weight excluding hydrogens is 436 g/mol. The Morgan fingerprint density at radius 3 is 2.55 bits per heavy atom. The summed E-state index contributed by atoms with van der Waals surface area (Å²) >= 11 is 6.20. The van der Waals surface area contributed by atoms with E-state index in [1.165, 1.54) is 5.56 Å². The van der Waals surface area contributed by atoms with E-state index in [1.54, 1.807) is 6.08 Å². The first-order valence-corrected chi connectivity index (χ1v) is 11.8. The molecule has 0 N–H and O–H groups in total. The molecule has 1 fully saturated rings. The normalized spacial score (nSPS) is 14.8. The zero-order chi connectivity index (χ0) is 23.7. The molecule has 0 saturated carbocycles. The third-order valence-electron chi connectivity index (χ3n) is 6.44. The average Bonchev–Trinajstić information content (AvgIpc) is 3.07. The minimum atomic E-state index is 0.0256. The highest BCUT2D eigenvalue weighted by atomic mass is 35.5. The topological polar surface area (TPSA) is 45.9 Å². The van der Waals surface area contributed by atoms with Crippen molar-refractivity contribution in [3.05, 3.63) is 63.9 Å². The molecule has 1 aromatic heterocycles. The number of piperazine rings is 1. The van der Waals surface area contributed by atoms with E-state index in [1.807, 2.05) is 49.9 Å². The van der Waals surface area contributed by atoms with Crippen molar-refractivity contribution < 1.29 is 13.9 Å². The molecule has 6 heteroatoms. The zero-order valence-corrected chi connectivity index (χ0v) is 20.8. The van der Waals surface area contributed by atoms with Crippen LogP contribution in [0.1, 0.15) is 36.3 Å². The fourth-order valence-corrected chi connectivity index (χ4v) is 4.56. The first kappa shape index (κ1) is 23.2. The van der Waals surface area contributed by atoms with Crippen molar-refractivity contribution in [2.24, 2.45) is 0 Å². The molecule has 1 aliphatic rings. The lowest BCUT2D eigenvalue weighted by Crippen LogP contribution is -2.48. The predicted octanol–water partition coefficient (Wildman–Crippen LogP) is 6.16. The lowest BCUT2D eigenvalue weighted by Gasteiger charge is -2.36. The molecule has 5 nitrogen and oxygen atoms in total. The number of carbonyl (C=O) groups excluding carboxylic acids is 1. The van der Waals surface area contributed by atoms with Gasteiger partial charge in [0, 0.05) is 60.0 Å². The van der Waals surface area contributed by atoms with Gasteiger partial charge < -0.3 is 19.0 Å². The number of amides is 1. The van der Waals surface area contributed by atoms with Crippen LogP contribution in [0.15, 0.2) is 40.8 Å². The smallest absolute Gasteiger partial charge is 0.246 e. The number of hydrogen-bond acceptors (Lipinski definition) is 4. The maximum atomic E-state index is 13.1. The van der Waals surface area contributed by atoms with Crippen LogP contribution in [0.5, 0.6) is 5.75 Å². The van der Waals surface area contributed by atoms with Gasteiger partial charge in [-0.1, -0.05) is 17.7 Å². The third-order valence-corrected chi connectivity index (χ3v) is 6.68. The molecule has 174 valence electrons. The summed E-state index contributed by atoms with van der Waals surface area (Å²) in [6.07, 6.45) is 1.73. The van der Waals surface area contributed by atoms with Crippen LogP contribution in [0, 0.1) is 20.8 Å². The standard InChI is InChI=1S/C27H31ClN2O3/c1-6-32-25-16-26-23(19(4)20(5)33-26)15-22(25)18(3)13-27(31)30-11-9-29(10-12-30)24-14-21(28)8-7-17(24)2/h7-8,13-16H,6,9-12H2,1-5H3/b18-13+. The summed E-state index contributed by atoms with van der Waals surface area (Å²) in [6, 6.07) is 9.96. The first-order valence-electron chi connectivity index (χ1n) is 11.4. The quantitative estimate of drug-likeness (QED) is 0.422. The fourth-order valence-electron chi connectivity index (χ4n) is 4.40. The first-order chi connectivity index (χ1) is 15.8. The summed E-state index contributed by atoms with van der Waals surface area (Å²) < 4.78 is 11.8. The van der Waals surface area contributed by atoms with Gasteiger partial charge in [0.2, 0.25) is 5.91 Å².